The molecule has 0 aromatic heterocycles. The number of alkyl halides is 2. The number of fused-ring (bicyclic) bond motifs is 1. The van der Waals surface area contributed by atoms with Crippen LogP contribution in [0.3, 0.4) is 0 Å². The summed E-state index contributed by atoms with van der Waals surface area (Å²) >= 11 is 5.96. The molecule has 1 aliphatic carbocycles. The number of carbonyl (C=O) groups excluding carboxylic acids is 1. The van der Waals surface area contributed by atoms with Crippen LogP contribution in [0.15, 0.2) is 89.8 Å². The second-order valence-corrected chi connectivity index (χ2v) is 13.5. The fourth-order valence-electron chi connectivity index (χ4n) is 5.50. The molecule has 0 bridgehead atoms. The molecule has 0 spiro atoms. The number of nitrogens with zero attached hydrogens (tertiary/aromatic N) is 1. The number of amides is 1. The largest absolute Gasteiger partial charge is 0.490 e. The van der Waals surface area contributed by atoms with Crippen LogP contribution in [0.4, 0.5) is 8.78 Å². The molecule has 1 atom stereocenters. The second kappa shape index (κ2) is 13.8. The number of carbonyl (C=O) groups is 1. The molecule has 3 N–H and O–H groups in total. The molecule has 1 saturated carbocycles. The molecular formula is C34H36ClF2N3O4S. The van der Waals surface area contributed by atoms with E-state index in [0.717, 1.165) is 41.5 Å². The van der Waals surface area contributed by atoms with Crippen LogP contribution in [0.1, 0.15) is 37.7 Å². The van der Waals surface area contributed by atoms with Crippen LogP contribution in [0.25, 0.3) is 21.9 Å². The molecule has 45 heavy (non-hydrogen) atoms. The normalized spacial score (nSPS) is 14.9. The highest BCUT2D eigenvalue weighted by molar-refractivity contribution is 7.89. The SMILES string of the molecule is CN(CCCN)C(=O)[C@H](NS(=O)(=O)c1ccc2cc(OC3CCCC3)ccc2c1)C(F)(F)c1ccc(-c2ccc(Cl)cc2)cc1. The minimum absolute atomic E-state index is 0.0837. The van der Waals surface area contributed by atoms with E-state index in [1.54, 1.807) is 42.5 Å². The number of halogens is 3. The van der Waals surface area contributed by atoms with Gasteiger partial charge in [0.15, 0.2) is 6.04 Å². The molecule has 0 aliphatic heterocycles. The van der Waals surface area contributed by atoms with Gasteiger partial charge in [-0.25, -0.2) is 8.42 Å². The highest BCUT2D eigenvalue weighted by Gasteiger charge is 2.49. The van der Waals surface area contributed by atoms with Gasteiger partial charge < -0.3 is 15.4 Å². The molecule has 5 rings (SSSR count). The van der Waals surface area contributed by atoms with Gasteiger partial charge in [-0.1, -0.05) is 60.1 Å². The summed E-state index contributed by atoms with van der Waals surface area (Å²) in [5, 5.41) is 1.87. The Kier molecular flexibility index (Phi) is 10.1. The molecule has 1 fully saturated rings. The Labute approximate surface area is 267 Å². The molecule has 4 aromatic carbocycles. The van der Waals surface area contributed by atoms with Crippen molar-refractivity contribution in [3.8, 4) is 16.9 Å². The first kappa shape index (κ1) is 32.8. The second-order valence-electron chi connectivity index (χ2n) is 11.4. The van der Waals surface area contributed by atoms with E-state index in [1.165, 1.54) is 43.4 Å². The number of benzene rings is 4. The Hall–Kier alpha value is -3.57. The summed E-state index contributed by atoms with van der Waals surface area (Å²) in [5.74, 6) is -4.28. The van der Waals surface area contributed by atoms with E-state index in [1.807, 2.05) is 10.8 Å². The standard InChI is InChI=1S/C34H36ClF2N3O4S/c1-40(20-4-19-38)33(41)32(34(36,37)27-13-7-23(8-14-27)24-9-15-28(35)16-10-24)39-45(42,43)31-18-12-25-21-30(17-11-26(25)22-31)44-29-5-2-3-6-29/h7-18,21-22,29,32,39H,2-6,19-20,38H2,1H3/t32-/m0/s1. The van der Waals surface area contributed by atoms with Crippen molar-refractivity contribution in [2.24, 2.45) is 5.73 Å². The number of sulfonamides is 1. The summed E-state index contributed by atoms with van der Waals surface area (Å²) in [4.78, 5) is 14.3. The van der Waals surface area contributed by atoms with Gasteiger partial charge >= 0.3 is 0 Å². The number of ether oxygens (including phenoxy) is 1. The Morgan fingerprint density at radius 2 is 1.58 bits per heavy atom. The third-order valence-electron chi connectivity index (χ3n) is 8.10. The maximum atomic E-state index is 16.2. The van der Waals surface area contributed by atoms with Crippen molar-refractivity contribution in [3.05, 3.63) is 95.5 Å². The maximum absolute atomic E-state index is 16.2. The zero-order valence-electron chi connectivity index (χ0n) is 24.9. The summed E-state index contributed by atoms with van der Waals surface area (Å²) < 4.78 is 67.7. The van der Waals surface area contributed by atoms with Crippen LogP contribution in [-0.2, 0) is 20.7 Å². The fourth-order valence-corrected chi connectivity index (χ4v) is 6.85. The van der Waals surface area contributed by atoms with Crippen molar-refractivity contribution in [2.75, 3.05) is 20.1 Å². The first-order chi connectivity index (χ1) is 21.5. The summed E-state index contributed by atoms with van der Waals surface area (Å²) in [5.41, 5.74) is 6.47. The van der Waals surface area contributed by atoms with Gasteiger partial charge in [-0.15, -0.1) is 0 Å². The van der Waals surface area contributed by atoms with E-state index in [9.17, 15) is 13.2 Å². The van der Waals surface area contributed by atoms with E-state index in [0.29, 0.717) is 28.1 Å². The molecule has 0 radical (unpaired) electrons. The zero-order valence-corrected chi connectivity index (χ0v) is 26.5. The highest BCUT2D eigenvalue weighted by atomic mass is 35.5. The Balaban J connectivity index is 1.43. The maximum Gasteiger partial charge on any atom is 0.298 e. The Morgan fingerprint density at radius 1 is 0.978 bits per heavy atom. The number of hydrogen-bond donors (Lipinski definition) is 2. The average molecular weight is 656 g/mol. The van der Waals surface area contributed by atoms with Gasteiger partial charge in [0.2, 0.25) is 15.9 Å². The molecule has 0 unspecified atom stereocenters. The van der Waals surface area contributed by atoms with Gasteiger partial charge in [-0.05, 0) is 96.9 Å². The summed E-state index contributed by atoms with van der Waals surface area (Å²) in [6.45, 7) is 0.321. The summed E-state index contributed by atoms with van der Waals surface area (Å²) in [6.07, 6.45) is 4.79. The lowest BCUT2D eigenvalue weighted by Gasteiger charge is -2.30. The lowest BCUT2D eigenvalue weighted by Crippen LogP contribution is -2.55. The van der Waals surface area contributed by atoms with Crippen LogP contribution >= 0.6 is 11.6 Å². The van der Waals surface area contributed by atoms with Crippen molar-refractivity contribution < 1.29 is 26.7 Å². The molecule has 1 aliphatic rings. The van der Waals surface area contributed by atoms with Gasteiger partial charge in [-0.2, -0.15) is 13.5 Å². The highest BCUT2D eigenvalue weighted by Crippen LogP contribution is 2.36. The minimum Gasteiger partial charge on any atom is -0.490 e. The van der Waals surface area contributed by atoms with Gasteiger partial charge in [0.25, 0.3) is 5.92 Å². The first-order valence-corrected chi connectivity index (χ1v) is 16.8. The smallest absolute Gasteiger partial charge is 0.298 e. The molecular weight excluding hydrogens is 620 g/mol. The number of hydrogen-bond acceptors (Lipinski definition) is 5. The van der Waals surface area contributed by atoms with E-state index in [4.69, 9.17) is 22.1 Å². The number of rotatable bonds is 12. The van der Waals surface area contributed by atoms with Crippen LogP contribution in [0, 0.1) is 0 Å². The quantitative estimate of drug-likeness (QED) is 0.176. The van der Waals surface area contributed by atoms with E-state index in [2.05, 4.69) is 0 Å². The molecule has 0 heterocycles. The van der Waals surface area contributed by atoms with Crippen molar-refractivity contribution >= 4 is 38.3 Å². The van der Waals surface area contributed by atoms with Crippen LogP contribution in [0.5, 0.6) is 5.75 Å². The average Bonchev–Trinajstić information content (AvgIpc) is 3.55. The van der Waals surface area contributed by atoms with Crippen LogP contribution in [-0.4, -0.2) is 51.5 Å². The monoisotopic (exact) mass is 655 g/mol. The van der Waals surface area contributed by atoms with Crippen molar-refractivity contribution in [3.63, 3.8) is 0 Å². The Bertz CT molecular complexity index is 1750. The van der Waals surface area contributed by atoms with E-state index >= 15 is 8.78 Å². The lowest BCUT2D eigenvalue weighted by atomic mass is 9.97. The van der Waals surface area contributed by atoms with Crippen molar-refractivity contribution in [1.29, 1.82) is 0 Å². The molecule has 238 valence electrons. The van der Waals surface area contributed by atoms with Crippen LogP contribution in [0.2, 0.25) is 5.02 Å². The molecule has 1 amide bonds. The van der Waals surface area contributed by atoms with E-state index in [-0.39, 0.29) is 24.1 Å². The third kappa shape index (κ3) is 7.64. The predicted molar refractivity (Wildman–Crippen MR) is 173 cm³/mol. The van der Waals surface area contributed by atoms with Crippen molar-refractivity contribution in [2.45, 2.75) is 55.1 Å². The topological polar surface area (TPSA) is 102 Å². The number of nitrogens with one attached hydrogen (secondary N) is 1. The first-order valence-electron chi connectivity index (χ1n) is 14.9. The fraction of sp³-hybridized carbons (Fsp3) is 0.324. The van der Waals surface area contributed by atoms with Gasteiger partial charge in [-0.3, -0.25) is 4.79 Å². The summed E-state index contributed by atoms with van der Waals surface area (Å²) in [6, 6.07) is 19.5. The van der Waals surface area contributed by atoms with E-state index < -0.39 is 33.5 Å². The van der Waals surface area contributed by atoms with Gasteiger partial charge in [0.05, 0.1) is 11.0 Å². The van der Waals surface area contributed by atoms with Gasteiger partial charge in [0, 0.05) is 24.2 Å². The van der Waals surface area contributed by atoms with Gasteiger partial charge in [0.1, 0.15) is 5.75 Å². The lowest BCUT2D eigenvalue weighted by molar-refractivity contribution is -0.143. The number of likely N-dealkylation sites (N-methyl/N-ethyl adjacent to an activating group) is 1. The molecule has 0 saturated heterocycles. The molecule has 11 heteroatoms. The predicted octanol–water partition coefficient (Wildman–Crippen LogP) is 6.73. The molecule has 7 nitrogen and oxygen atoms in total. The van der Waals surface area contributed by atoms with Crippen molar-refractivity contribution in [1.82, 2.24) is 9.62 Å². The molecule has 4 aromatic rings. The van der Waals surface area contributed by atoms with Crippen LogP contribution < -0.4 is 15.2 Å². The minimum atomic E-state index is -4.57. The third-order valence-corrected chi connectivity index (χ3v) is 9.77. The number of nitrogens with two attached hydrogens (primary N) is 1. The Morgan fingerprint density at radius 3 is 2.22 bits per heavy atom. The zero-order chi connectivity index (χ0) is 32.2. The summed E-state index contributed by atoms with van der Waals surface area (Å²) in [7, 11) is -3.22.